The Bertz CT molecular complexity index is 893. The van der Waals surface area contributed by atoms with Gasteiger partial charge in [-0.05, 0) is 13.8 Å². The Kier molecular flexibility index (Phi) is 4.31. The van der Waals surface area contributed by atoms with E-state index >= 15 is 0 Å². The molecular formula is C17H24N8O. The molecule has 1 fully saturated rings. The molecular weight excluding hydrogens is 332 g/mol. The van der Waals surface area contributed by atoms with Gasteiger partial charge in [-0.3, -0.25) is 4.90 Å². The van der Waals surface area contributed by atoms with Gasteiger partial charge in [0.2, 0.25) is 5.89 Å². The quantitative estimate of drug-likeness (QED) is 0.699. The van der Waals surface area contributed by atoms with E-state index in [0.29, 0.717) is 11.7 Å². The summed E-state index contributed by atoms with van der Waals surface area (Å²) in [5.41, 5.74) is 0.948. The van der Waals surface area contributed by atoms with Gasteiger partial charge < -0.3 is 9.42 Å². The molecule has 1 atom stereocenters. The zero-order valence-electron chi connectivity index (χ0n) is 15.6. The van der Waals surface area contributed by atoms with Crippen molar-refractivity contribution in [2.24, 2.45) is 0 Å². The second-order valence-corrected chi connectivity index (χ2v) is 7.07. The fraction of sp³-hybridized carbons (Fsp3) is 0.588. The molecule has 4 heterocycles. The van der Waals surface area contributed by atoms with Crippen molar-refractivity contribution in [2.75, 3.05) is 31.1 Å². The Morgan fingerprint density at radius 3 is 2.54 bits per heavy atom. The maximum absolute atomic E-state index is 5.47. The molecule has 0 spiro atoms. The minimum absolute atomic E-state index is 0.114. The van der Waals surface area contributed by atoms with Crippen LogP contribution < -0.4 is 4.90 Å². The molecule has 26 heavy (non-hydrogen) atoms. The molecule has 0 aliphatic carbocycles. The predicted octanol–water partition coefficient (Wildman–Crippen LogP) is 1.82. The molecule has 0 saturated carbocycles. The van der Waals surface area contributed by atoms with Gasteiger partial charge in [0.05, 0.1) is 6.04 Å². The van der Waals surface area contributed by atoms with Crippen LogP contribution in [0.25, 0.3) is 5.78 Å². The van der Waals surface area contributed by atoms with Gasteiger partial charge in [0.1, 0.15) is 12.1 Å². The Balaban J connectivity index is 1.47. The number of aromatic nitrogens is 6. The highest BCUT2D eigenvalue weighted by Crippen LogP contribution is 2.24. The molecule has 0 bridgehead atoms. The highest BCUT2D eigenvalue weighted by atomic mass is 16.5. The van der Waals surface area contributed by atoms with E-state index in [1.165, 1.54) is 0 Å². The molecule has 9 nitrogen and oxygen atoms in total. The Hall–Kier alpha value is -2.55. The monoisotopic (exact) mass is 356 g/mol. The van der Waals surface area contributed by atoms with Gasteiger partial charge >= 0.3 is 0 Å². The van der Waals surface area contributed by atoms with Gasteiger partial charge in [0.25, 0.3) is 5.78 Å². The zero-order valence-corrected chi connectivity index (χ0v) is 15.6. The first-order valence-corrected chi connectivity index (χ1v) is 9.03. The van der Waals surface area contributed by atoms with Crippen molar-refractivity contribution >= 4 is 11.6 Å². The van der Waals surface area contributed by atoms with Crippen LogP contribution in [0.3, 0.4) is 0 Å². The van der Waals surface area contributed by atoms with Crippen LogP contribution in [0.15, 0.2) is 16.9 Å². The standard InChI is InChI=1S/C17H24N8O/c1-11(2)15-21-16(26-22-15)13(4)23-5-7-24(8-6-23)14-9-12(3)20-17-18-10-19-25(14)17/h9-11,13H,5-8H2,1-4H3. The van der Waals surface area contributed by atoms with Crippen LogP contribution in [-0.2, 0) is 0 Å². The van der Waals surface area contributed by atoms with E-state index in [0.717, 1.165) is 43.5 Å². The van der Waals surface area contributed by atoms with E-state index in [1.807, 2.05) is 6.92 Å². The minimum atomic E-state index is 0.114. The molecule has 1 aliphatic heterocycles. The van der Waals surface area contributed by atoms with Gasteiger partial charge in [-0.15, -0.1) is 0 Å². The van der Waals surface area contributed by atoms with E-state index in [9.17, 15) is 0 Å². The van der Waals surface area contributed by atoms with Crippen molar-refractivity contribution in [1.29, 1.82) is 0 Å². The van der Waals surface area contributed by atoms with Crippen LogP contribution in [-0.4, -0.2) is 60.8 Å². The SMILES string of the molecule is Cc1cc(N2CCN(C(C)c3nc(C(C)C)no3)CC2)n2ncnc2n1. The molecule has 1 unspecified atom stereocenters. The number of anilines is 1. The van der Waals surface area contributed by atoms with Crippen LogP contribution in [0.1, 0.15) is 50.1 Å². The molecule has 1 saturated heterocycles. The van der Waals surface area contributed by atoms with Crippen LogP contribution in [0.4, 0.5) is 5.82 Å². The summed E-state index contributed by atoms with van der Waals surface area (Å²) in [7, 11) is 0. The van der Waals surface area contributed by atoms with Crippen molar-refractivity contribution in [1.82, 2.24) is 34.6 Å². The first-order valence-electron chi connectivity index (χ1n) is 9.03. The lowest BCUT2D eigenvalue weighted by molar-refractivity contribution is 0.163. The fourth-order valence-electron chi connectivity index (χ4n) is 3.28. The van der Waals surface area contributed by atoms with Crippen molar-refractivity contribution < 1.29 is 4.52 Å². The number of fused-ring (bicyclic) bond motifs is 1. The Labute approximate surface area is 152 Å². The smallest absolute Gasteiger partial charge is 0.254 e. The third-order valence-electron chi connectivity index (χ3n) is 4.88. The molecule has 4 rings (SSSR count). The maximum Gasteiger partial charge on any atom is 0.254 e. The summed E-state index contributed by atoms with van der Waals surface area (Å²) in [5, 5.41) is 8.39. The zero-order chi connectivity index (χ0) is 18.3. The lowest BCUT2D eigenvalue weighted by atomic mass is 10.2. The summed E-state index contributed by atoms with van der Waals surface area (Å²) < 4.78 is 7.27. The minimum Gasteiger partial charge on any atom is -0.354 e. The molecule has 1 aliphatic rings. The molecule has 138 valence electrons. The molecule has 0 aromatic carbocycles. The maximum atomic E-state index is 5.47. The average molecular weight is 356 g/mol. The number of aryl methyl sites for hydroxylation is 1. The Morgan fingerprint density at radius 1 is 1.08 bits per heavy atom. The van der Waals surface area contributed by atoms with Crippen molar-refractivity contribution in [3.05, 3.63) is 29.8 Å². The summed E-state index contributed by atoms with van der Waals surface area (Å²) in [6.07, 6.45) is 1.55. The second kappa shape index (κ2) is 6.64. The summed E-state index contributed by atoms with van der Waals surface area (Å²) in [4.78, 5) is 17.9. The average Bonchev–Trinajstić information content (AvgIpc) is 3.30. The molecule has 0 radical (unpaired) electrons. The normalized spacial score (nSPS) is 17.3. The Morgan fingerprint density at radius 2 is 1.85 bits per heavy atom. The van der Waals surface area contributed by atoms with Crippen LogP contribution in [0, 0.1) is 6.92 Å². The number of nitrogens with zero attached hydrogens (tertiary/aromatic N) is 8. The van der Waals surface area contributed by atoms with Gasteiger partial charge in [-0.2, -0.15) is 19.6 Å². The van der Waals surface area contributed by atoms with E-state index < -0.39 is 0 Å². The lowest BCUT2D eigenvalue weighted by Crippen LogP contribution is -2.47. The molecule has 3 aromatic rings. The van der Waals surface area contributed by atoms with Gasteiger partial charge in [0.15, 0.2) is 5.82 Å². The summed E-state index contributed by atoms with van der Waals surface area (Å²) in [6.45, 7) is 11.9. The molecule has 3 aromatic heterocycles. The summed E-state index contributed by atoms with van der Waals surface area (Å²) in [5.74, 6) is 3.42. The van der Waals surface area contributed by atoms with E-state index in [4.69, 9.17) is 4.52 Å². The highest BCUT2D eigenvalue weighted by molar-refractivity contribution is 5.47. The number of hydrogen-bond donors (Lipinski definition) is 0. The largest absolute Gasteiger partial charge is 0.354 e. The van der Waals surface area contributed by atoms with E-state index in [1.54, 1.807) is 10.8 Å². The predicted molar refractivity (Wildman–Crippen MR) is 96.1 cm³/mol. The molecule has 0 N–H and O–H groups in total. The summed E-state index contributed by atoms with van der Waals surface area (Å²) in [6, 6.07) is 2.18. The second-order valence-electron chi connectivity index (χ2n) is 7.07. The van der Waals surface area contributed by atoms with Crippen molar-refractivity contribution in [2.45, 2.75) is 39.7 Å². The van der Waals surface area contributed by atoms with Crippen molar-refractivity contribution in [3.63, 3.8) is 0 Å². The third kappa shape index (κ3) is 3.03. The van der Waals surface area contributed by atoms with Crippen LogP contribution >= 0.6 is 0 Å². The van der Waals surface area contributed by atoms with Crippen molar-refractivity contribution in [3.8, 4) is 0 Å². The number of hydrogen-bond acceptors (Lipinski definition) is 8. The first-order chi connectivity index (χ1) is 12.5. The van der Waals surface area contributed by atoms with Gasteiger partial charge in [-0.1, -0.05) is 19.0 Å². The number of piperazine rings is 1. The molecule has 0 amide bonds. The third-order valence-corrected chi connectivity index (χ3v) is 4.88. The summed E-state index contributed by atoms with van der Waals surface area (Å²) >= 11 is 0. The fourth-order valence-corrected chi connectivity index (χ4v) is 3.28. The van der Waals surface area contributed by atoms with E-state index in [2.05, 4.69) is 61.8 Å². The lowest BCUT2D eigenvalue weighted by Gasteiger charge is -2.37. The van der Waals surface area contributed by atoms with Crippen LogP contribution in [0.5, 0.6) is 0 Å². The van der Waals surface area contributed by atoms with Gasteiger partial charge in [-0.25, -0.2) is 4.98 Å². The van der Waals surface area contributed by atoms with E-state index in [-0.39, 0.29) is 12.0 Å². The van der Waals surface area contributed by atoms with Gasteiger partial charge in [0, 0.05) is 43.9 Å². The first kappa shape index (κ1) is 16.9. The molecule has 9 heteroatoms. The number of rotatable bonds is 4. The highest BCUT2D eigenvalue weighted by Gasteiger charge is 2.27. The van der Waals surface area contributed by atoms with Crippen LogP contribution in [0.2, 0.25) is 0 Å². The topological polar surface area (TPSA) is 88.5 Å².